The highest BCUT2D eigenvalue weighted by atomic mass is 19.1. The Morgan fingerprint density at radius 3 is 2.45 bits per heavy atom. The molecule has 4 rings (SSSR count). The van der Waals surface area contributed by atoms with Crippen LogP contribution in [0.3, 0.4) is 0 Å². The Morgan fingerprint density at radius 1 is 1.03 bits per heavy atom. The molecular formula is C22H21FN6O2. The first-order chi connectivity index (χ1) is 15.0. The Labute approximate surface area is 176 Å². The first-order valence-electron chi connectivity index (χ1n) is 9.70. The van der Waals surface area contributed by atoms with E-state index in [2.05, 4.69) is 15.5 Å². The number of hydrazone groups is 1. The lowest BCUT2D eigenvalue weighted by atomic mass is 10.1. The van der Waals surface area contributed by atoms with Crippen molar-refractivity contribution in [2.45, 2.75) is 13.0 Å². The van der Waals surface area contributed by atoms with Gasteiger partial charge >= 0.3 is 5.69 Å². The molecule has 0 bridgehead atoms. The van der Waals surface area contributed by atoms with Gasteiger partial charge in [0.15, 0.2) is 11.2 Å². The van der Waals surface area contributed by atoms with Crippen LogP contribution < -0.4 is 16.7 Å². The Hall–Kier alpha value is -4.01. The second kappa shape index (κ2) is 8.39. The number of anilines is 1. The fraction of sp³-hybridized carbons (Fsp3) is 0.182. The molecule has 158 valence electrons. The lowest BCUT2D eigenvalue weighted by Crippen LogP contribution is -2.37. The van der Waals surface area contributed by atoms with Gasteiger partial charge in [-0.05, 0) is 29.7 Å². The van der Waals surface area contributed by atoms with E-state index in [9.17, 15) is 14.0 Å². The van der Waals surface area contributed by atoms with Gasteiger partial charge in [-0.2, -0.15) is 10.1 Å². The standard InChI is InChI=1S/C22H21FN6O2/c1-27-19-18(20(30)28(2)22(27)31)29(13-12-15-6-4-3-5-7-15)21(25-19)26-24-14-16-8-10-17(23)11-9-16/h3-11,14H,12-13H2,1-2H3,(H,25,26)/b24-14-. The number of hydrogen-bond donors (Lipinski definition) is 1. The zero-order valence-electron chi connectivity index (χ0n) is 17.1. The van der Waals surface area contributed by atoms with Crippen molar-refractivity contribution in [2.75, 3.05) is 5.43 Å². The SMILES string of the molecule is Cn1c(=O)c2c(nc(N/N=C\c3ccc(F)cc3)n2CCc2ccccc2)n(C)c1=O. The van der Waals surface area contributed by atoms with Gasteiger partial charge in [-0.15, -0.1) is 0 Å². The van der Waals surface area contributed by atoms with Gasteiger partial charge in [-0.3, -0.25) is 13.9 Å². The second-order valence-corrected chi connectivity index (χ2v) is 7.12. The number of rotatable bonds is 6. The van der Waals surface area contributed by atoms with Gasteiger partial charge < -0.3 is 4.57 Å². The third-order valence-electron chi connectivity index (χ3n) is 5.06. The molecule has 0 aliphatic rings. The maximum Gasteiger partial charge on any atom is 0.332 e. The van der Waals surface area contributed by atoms with Gasteiger partial charge in [-0.1, -0.05) is 42.5 Å². The summed E-state index contributed by atoms with van der Waals surface area (Å²) in [6.07, 6.45) is 2.19. The Balaban J connectivity index is 1.74. The second-order valence-electron chi connectivity index (χ2n) is 7.12. The van der Waals surface area contributed by atoms with Crippen molar-refractivity contribution >= 4 is 23.3 Å². The van der Waals surface area contributed by atoms with Gasteiger partial charge in [0.05, 0.1) is 6.21 Å². The number of hydrogen-bond acceptors (Lipinski definition) is 5. The summed E-state index contributed by atoms with van der Waals surface area (Å²) in [6, 6.07) is 15.7. The lowest BCUT2D eigenvalue weighted by molar-refractivity contribution is 0.628. The highest BCUT2D eigenvalue weighted by Gasteiger charge is 2.18. The number of imidazole rings is 1. The fourth-order valence-corrected chi connectivity index (χ4v) is 3.35. The molecule has 2 aromatic carbocycles. The van der Waals surface area contributed by atoms with E-state index in [1.54, 1.807) is 23.7 Å². The molecule has 0 amide bonds. The van der Waals surface area contributed by atoms with E-state index in [-0.39, 0.29) is 11.5 Å². The van der Waals surface area contributed by atoms with E-state index in [0.29, 0.717) is 30.0 Å². The largest absolute Gasteiger partial charge is 0.332 e. The molecule has 1 N–H and O–H groups in total. The van der Waals surface area contributed by atoms with E-state index in [1.807, 2.05) is 30.3 Å². The van der Waals surface area contributed by atoms with E-state index in [1.165, 1.54) is 30.0 Å². The normalized spacial score (nSPS) is 11.5. The Kier molecular flexibility index (Phi) is 5.48. The van der Waals surface area contributed by atoms with Crippen LogP contribution in [0, 0.1) is 5.82 Å². The van der Waals surface area contributed by atoms with Crippen molar-refractivity contribution in [1.29, 1.82) is 0 Å². The first kappa shape index (κ1) is 20.3. The van der Waals surface area contributed by atoms with Gasteiger partial charge in [0.2, 0.25) is 5.95 Å². The third-order valence-corrected chi connectivity index (χ3v) is 5.06. The van der Waals surface area contributed by atoms with Crippen molar-refractivity contribution in [3.8, 4) is 0 Å². The first-order valence-corrected chi connectivity index (χ1v) is 9.70. The molecule has 8 nitrogen and oxygen atoms in total. The molecule has 0 aliphatic heterocycles. The van der Waals surface area contributed by atoms with Crippen LogP contribution in [-0.4, -0.2) is 24.9 Å². The number of benzene rings is 2. The van der Waals surface area contributed by atoms with Gasteiger partial charge in [0.25, 0.3) is 5.56 Å². The molecule has 31 heavy (non-hydrogen) atoms. The van der Waals surface area contributed by atoms with Crippen LogP contribution in [0.15, 0.2) is 69.3 Å². The van der Waals surface area contributed by atoms with Gasteiger partial charge in [0, 0.05) is 20.6 Å². The van der Waals surface area contributed by atoms with Crippen LogP contribution in [0.1, 0.15) is 11.1 Å². The number of aryl methyl sites for hydroxylation is 3. The van der Waals surface area contributed by atoms with Crippen molar-refractivity contribution in [2.24, 2.45) is 19.2 Å². The minimum atomic E-state index is -0.452. The Bertz CT molecular complexity index is 1370. The quantitative estimate of drug-likeness (QED) is 0.383. The molecule has 2 heterocycles. The van der Waals surface area contributed by atoms with Crippen LogP contribution in [0.4, 0.5) is 10.3 Å². The van der Waals surface area contributed by atoms with Crippen molar-refractivity contribution in [1.82, 2.24) is 18.7 Å². The number of aromatic nitrogens is 4. The van der Waals surface area contributed by atoms with Crippen LogP contribution in [-0.2, 0) is 27.1 Å². The van der Waals surface area contributed by atoms with Crippen molar-refractivity contribution in [3.63, 3.8) is 0 Å². The summed E-state index contributed by atoms with van der Waals surface area (Å²) < 4.78 is 17.2. The average molecular weight is 420 g/mol. The average Bonchev–Trinajstić information content (AvgIpc) is 3.15. The predicted molar refractivity (Wildman–Crippen MR) is 118 cm³/mol. The van der Waals surface area contributed by atoms with Crippen LogP contribution in [0.2, 0.25) is 0 Å². The van der Waals surface area contributed by atoms with E-state index < -0.39 is 11.2 Å². The summed E-state index contributed by atoms with van der Waals surface area (Å²) in [5, 5.41) is 4.18. The monoisotopic (exact) mass is 420 g/mol. The van der Waals surface area contributed by atoms with E-state index in [0.717, 1.165) is 10.1 Å². The smallest absolute Gasteiger partial charge is 0.303 e. The maximum absolute atomic E-state index is 13.1. The number of nitrogens with zero attached hydrogens (tertiary/aromatic N) is 5. The molecule has 0 atom stereocenters. The number of nitrogens with one attached hydrogen (secondary N) is 1. The topological polar surface area (TPSA) is 86.2 Å². The van der Waals surface area contributed by atoms with Crippen molar-refractivity contribution < 1.29 is 4.39 Å². The molecule has 4 aromatic rings. The molecular weight excluding hydrogens is 399 g/mol. The predicted octanol–water partition coefficient (Wildman–Crippen LogP) is 2.26. The summed E-state index contributed by atoms with van der Waals surface area (Å²) in [6.45, 7) is 0.461. The van der Waals surface area contributed by atoms with E-state index in [4.69, 9.17) is 0 Å². The Morgan fingerprint density at radius 2 is 1.74 bits per heavy atom. The highest BCUT2D eigenvalue weighted by molar-refractivity contribution is 5.80. The maximum atomic E-state index is 13.1. The minimum Gasteiger partial charge on any atom is -0.303 e. The summed E-state index contributed by atoms with van der Waals surface area (Å²) in [7, 11) is 3.02. The van der Waals surface area contributed by atoms with E-state index >= 15 is 0 Å². The van der Waals surface area contributed by atoms with Crippen molar-refractivity contribution in [3.05, 3.63) is 92.4 Å². The van der Waals surface area contributed by atoms with Gasteiger partial charge in [-0.25, -0.2) is 14.6 Å². The molecule has 0 fully saturated rings. The molecule has 2 aromatic heterocycles. The van der Waals surface area contributed by atoms with Gasteiger partial charge in [0.1, 0.15) is 5.82 Å². The molecule has 0 unspecified atom stereocenters. The molecule has 0 saturated carbocycles. The zero-order chi connectivity index (χ0) is 22.0. The third kappa shape index (κ3) is 4.02. The molecule has 0 saturated heterocycles. The molecule has 0 aliphatic carbocycles. The lowest BCUT2D eigenvalue weighted by Gasteiger charge is -2.09. The highest BCUT2D eigenvalue weighted by Crippen LogP contribution is 2.17. The van der Waals surface area contributed by atoms with Crippen LogP contribution in [0.25, 0.3) is 11.2 Å². The molecule has 9 heteroatoms. The fourth-order valence-electron chi connectivity index (χ4n) is 3.35. The molecule has 0 spiro atoms. The number of halogens is 1. The summed E-state index contributed by atoms with van der Waals surface area (Å²) in [5.41, 5.74) is 4.38. The molecule has 0 radical (unpaired) electrons. The van der Waals surface area contributed by atoms with Crippen LogP contribution >= 0.6 is 0 Å². The summed E-state index contributed by atoms with van der Waals surface area (Å²) in [4.78, 5) is 29.6. The van der Waals surface area contributed by atoms with Crippen LogP contribution in [0.5, 0.6) is 0 Å². The zero-order valence-corrected chi connectivity index (χ0v) is 17.1. The minimum absolute atomic E-state index is 0.278. The summed E-state index contributed by atoms with van der Waals surface area (Å²) >= 11 is 0. The number of fused-ring (bicyclic) bond motifs is 1. The summed E-state index contributed by atoms with van der Waals surface area (Å²) in [5.74, 6) is 0.00664.